The van der Waals surface area contributed by atoms with Crippen LogP contribution in [0.15, 0.2) is 24.3 Å². The van der Waals surface area contributed by atoms with E-state index in [9.17, 15) is 9.59 Å². The smallest absolute Gasteiger partial charge is 0.354 e. The number of unbranched alkanes of at least 4 members (excludes halogenated alkanes) is 1. The number of hydrogen-bond acceptors (Lipinski definition) is 6. The molecule has 4 heterocycles. The van der Waals surface area contributed by atoms with Gasteiger partial charge in [0.05, 0.1) is 28.7 Å². The molecule has 0 radical (unpaired) electrons. The number of carbonyl (C=O) groups excluding carboxylic acids is 2. The highest BCUT2D eigenvalue weighted by atomic mass is 16.5. The van der Waals surface area contributed by atoms with Crippen molar-refractivity contribution >= 4 is 33.9 Å². The maximum atomic E-state index is 12.3. The van der Waals surface area contributed by atoms with Crippen LogP contribution in [0.4, 0.5) is 0 Å². The highest BCUT2D eigenvalue weighted by Crippen LogP contribution is 2.38. The zero-order valence-corrected chi connectivity index (χ0v) is 29.4. The van der Waals surface area contributed by atoms with E-state index in [4.69, 9.17) is 20.4 Å². The summed E-state index contributed by atoms with van der Waals surface area (Å²) in [5.41, 5.74) is 15.8. The first-order valence-electron chi connectivity index (χ1n) is 17.4. The van der Waals surface area contributed by atoms with Crippen LogP contribution in [0.2, 0.25) is 0 Å². The van der Waals surface area contributed by atoms with Gasteiger partial charge in [0.1, 0.15) is 11.4 Å². The number of aromatic amines is 2. The van der Waals surface area contributed by atoms with Crippen molar-refractivity contribution in [3.63, 3.8) is 0 Å². The van der Waals surface area contributed by atoms with Crippen LogP contribution in [0.3, 0.4) is 0 Å². The molecule has 47 heavy (non-hydrogen) atoms. The van der Waals surface area contributed by atoms with Gasteiger partial charge < -0.3 is 25.8 Å². The summed E-state index contributed by atoms with van der Waals surface area (Å²) in [5.74, 6) is 0.977. The Hall–Kier alpha value is -3.72. The number of carbonyl (C=O) groups is 2. The van der Waals surface area contributed by atoms with Crippen molar-refractivity contribution in [2.24, 2.45) is 28.4 Å². The quantitative estimate of drug-likeness (QED) is 0.126. The monoisotopic (exact) mass is 642 g/mol. The van der Waals surface area contributed by atoms with Gasteiger partial charge in [0, 0.05) is 17.9 Å². The Morgan fingerprint density at radius 2 is 1.34 bits per heavy atom. The molecule has 4 aromatic rings. The number of nitrogens with one attached hydrogen (secondary N) is 3. The molecule has 2 aliphatic carbocycles. The number of aryl methyl sites for hydroxylation is 2. The second-order valence-corrected chi connectivity index (χ2v) is 15.5. The Morgan fingerprint density at radius 3 is 1.83 bits per heavy atom. The topological polar surface area (TPSA) is 139 Å². The van der Waals surface area contributed by atoms with Crippen LogP contribution in [0.25, 0.3) is 22.1 Å². The lowest BCUT2D eigenvalue weighted by atomic mass is 9.71. The number of hydrogen-bond donors (Lipinski definition) is 4. The standard InChI is InChI=1S/C20H30N4O.C18H24N2O2/c1-20(2,3)14-6-7-15-13(10-14)11-16-17(23-15)12-18(24-16)19(25)22-9-5-4-8-21;1-5-22-17(21)16-10-15-14(20-16)9-11-8-12(18(2,3)4)6-7-13(11)19-15/h11-12,14,24H,4-10,21H2,1-3H3,(H,22,25);9-10,12,20H,5-8H2,1-4H3. The summed E-state index contributed by atoms with van der Waals surface area (Å²) in [4.78, 5) is 40.1. The molecule has 9 nitrogen and oxygen atoms in total. The van der Waals surface area contributed by atoms with Gasteiger partial charge in [0.2, 0.25) is 0 Å². The summed E-state index contributed by atoms with van der Waals surface area (Å²) in [5, 5.41) is 2.94. The Bertz CT molecular complexity index is 1720. The summed E-state index contributed by atoms with van der Waals surface area (Å²) in [6.45, 7) is 17.4. The van der Waals surface area contributed by atoms with Crippen molar-refractivity contribution in [3.8, 4) is 0 Å². The molecule has 0 aromatic carbocycles. The van der Waals surface area contributed by atoms with Crippen molar-refractivity contribution in [1.82, 2.24) is 25.3 Å². The molecule has 2 atom stereocenters. The van der Waals surface area contributed by atoms with Crippen molar-refractivity contribution < 1.29 is 14.3 Å². The molecular formula is C38H54N6O3. The summed E-state index contributed by atoms with van der Waals surface area (Å²) >= 11 is 0. The molecule has 0 spiro atoms. The third-order valence-electron chi connectivity index (χ3n) is 10.0. The van der Waals surface area contributed by atoms with E-state index in [1.807, 2.05) is 13.0 Å². The molecule has 4 aromatic heterocycles. The first kappa shape index (κ1) is 34.6. The number of esters is 1. The predicted molar refractivity (Wildman–Crippen MR) is 189 cm³/mol. The predicted octanol–water partition coefficient (Wildman–Crippen LogP) is 7.07. The number of rotatable bonds is 7. The Labute approximate surface area is 279 Å². The van der Waals surface area contributed by atoms with Gasteiger partial charge in [-0.25, -0.2) is 4.79 Å². The van der Waals surface area contributed by atoms with Crippen molar-refractivity contribution in [3.05, 3.63) is 58.2 Å². The van der Waals surface area contributed by atoms with Crippen LogP contribution < -0.4 is 11.1 Å². The zero-order valence-electron chi connectivity index (χ0n) is 29.4. The van der Waals surface area contributed by atoms with E-state index in [0.717, 1.165) is 60.6 Å². The second-order valence-electron chi connectivity index (χ2n) is 15.5. The summed E-state index contributed by atoms with van der Waals surface area (Å²) in [7, 11) is 0. The minimum atomic E-state index is -0.314. The lowest BCUT2D eigenvalue weighted by molar-refractivity contribution is 0.0520. The fraction of sp³-hybridized carbons (Fsp3) is 0.579. The average molecular weight is 643 g/mol. The first-order chi connectivity index (χ1) is 22.3. The van der Waals surface area contributed by atoms with E-state index >= 15 is 0 Å². The molecule has 2 unspecified atom stereocenters. The molecule has 0 saturated heterocycles. The van der Waals surface area contributed by atoms with E-state index in [0.29, 0.717) is 53.8 Å². The summed E-state index contributed by atoms with van der Waals surface area (Å²) < 4.78 is 5.05. The lowest BCUT2D eigenvalue weighted by Gasteiger charge is -2.34. The largest absolute Gasteiger partial charge is 0.461 e. The minimum absolute atomic E-state index is 0.0689. The summed E-state index contributed by atoms with van der Waals surface area (Å²) in [6.07, 6.45) is 8.39. The number of nitrogens with two attached hydrogens (primary N) is 1. The molecule has 6 rings (SSSR count). The van der Waals surface area contributed by atoms with Crippen LogP contribution in [0.1, 0.15) is 118 Å². The van der Waals surface area contributed by atoms with Crippen LogP contribution in [-0.2, 0) is 30.4 Å². The number of nitrogens with zero attached hydrogens (tertiary/aromatic N) is 2. The number of aromatic nitrogens is 4. The van der Waals surface area contributed by atoms with Crippen LogP contribution in [0.5, 0.6) is 0 Å². The van der Waals surface area contributed by atoms with E-state index in [1.54, 1.807) is 6.07 Å². The number of amides is 1. The lowest BCUT2D eigenvalue weighted by Crippen LogP contribution is -2.27. The number of fused-ring (bicyclic) bond motifs is 4. The molecule has 9 heteroatoms. The summed E-state index contributed by atoms with van der Waals surface area (Å²) in [6, 6.07) is 8.02. The van der Waals surface area contributed by atoms with Gasteiger partial charge in [-0.1, -0.05) is 41.5 Å². The first-order valence-corrected chi connectivity index (χ1v) is 17.4. The number of pyridine rings is 2. The van der Waals surface area contributed by atoms with E-state index in [-0.39, 0.29) is 11.9 Å². The zero-order chi connectivity index (χ0) is 33.9. The highest BCUT2D eigenvalue weighted by molar-refractivity contribution is 5.97. The van der Waals surface area contributed by atoms with Crippen LogP contribution >= 0.6 is 0 Å². The number of H-pyrrole nitrogens is 2. The van der Waals surface area contributed by atoms with Gasteiger partial charge in [0.15, 0.2) is 0 Å². The van der Waals surface area contributed by atoms with Gasteiger partial charge in [0.25, 0.3) is 5.91 Å². The molecular weight excluding hydrogens is 588 g/mol. The fourth-order valence-corrected chi connectivity index (χ4v) is 6.90. The molecule has 0 bridgehead atoms. The molecule has 5 N–H and O–H groups in total. The highest BCUT2D eigenvalue weighted by Gasteiger charge is 2.31. The second kappa shape index (κ2) is 14.2. The van der Waals surface area contributed by atoms with Gasteiger partial charge >= 0.3 is 5.97 Å². The SMILES string of the molecule is CC(C)(C)C1CCc2nc3cc(C(=O)NCCCCN)[nH]c3cc2C1.CCOC(=O)c1cc2nc3c(cc2[nH]1)CC(C(C)(C)C)CC3. The Kier molecular flexibility index (Phi) is 10.4. The molecule has 1 amide bonds. The van der Waals surface area contributed by atoms with E-state index in [2.05, 4.69) is 69.0 Å². The van der Waals surface area contributed by atoms with Crippen LogP contribution in [0, 0.1) is 22.7 Å². The van der Waals surface area contributed by atoms with Gasteiger partial charge in [-0.2, -0.15) is 0 Å². The maximum Gasteiger partial charge on any atom is 0.354 e. The molecule has 254 valence electrons. The van der Waals surface area contributed by atoms with E-state index < -0.39 is 0 Å². The average Bonchev–Trinajstić information content (AvgIpc) is 3.63. The van der Waals surface area contributed by atoms with Gasteiger partial charge in [-0.15, -0.1) is 0 Å². The minimum Gasteiger partial charge on any atom is -0.461 e. The molecule has 0 aliphatic heterocycles. The third-order valence-corrected chi connectivity index (χ3v) is 10.0. The van der Waals surface area contributed by atoms with Crippen molar-refractivity contribution in [1.29, 1.82) is 0 Å². The maximum absolute atomic E-state index is 12.3. The molecule has 2 aliphatic rings. The number of ether oxygens (including phenoxy) is 1. The third kappa shape index (κ3) is 8.23. The van der Waals surface area contributed by atoms with Crippen LogP contribution in [-0.4, -0.2) is 51.5 Å². The van der Waals surface area contributed by atoms with Gasteiger partial charge in [-0.3, -0.25) is 14.8 Å². The Balaban J connectivity index is 0.000000186. The fourth-order valence-electron chi connectivity index (χ4n) is 6.90. The van der Waals surface area contributed by atoms with Crippen molar-refractivity contribution in [2.45, 2.75) is 99.8 Å². The van der Waals surface area contributed by atoms with E-state index in [1.165, 1.54) is 35.4 Å². The molecule has 0 fully saturated rings. The normalized spacial score (nSPS) is 17.9. The Morgan fingerprint density at radius 1 is 0.830 bits per heavy atom. The molecule has 0 saturated carbocycles. The van der Waals surface area contributed by atoms with Gasteiger partial charge in [-0.05, 0) is 123 Å². The van der Waals surface area contributed by atoms with Crippen molar-refractivity contribution in [2.75, 3.05) is 19.7 Å².